The highest BCUT2D eigenvalue weighted by molar-refractivity contribution is 6.02. The van der Waals surface area contributed by atoms with Gasteiger partial charge in [-0.2, -0.15) is 0 Å². The maximum absolute atomic E-state index is 12.1. The van der Waals surface area contributed by atoms with E-state index in [-0.39, 0.29) is 5.91 Å². The van der Waals surface area contributed by atoms with Crippen molar-refractivity contribution in [2.45, 2.75) is 6.23 Å². The number of aliphatic hydroxyl groups is 1. The van der Waals surface area contributed by atoms with E-state index in [1.54, 1.807) is 36.5 Å². The highest BCUT2D eigenvalue weighted by atomic mass is 16.3. The predicted molar refractivity (Wildman–Crippen MR) is 59.2 cm³/mol. The first-order chi connectivity index (χ1) is 7.77. The molecule has 0 radical (unpaired) electrons. The molecule has 80 valence electrons. The molecule has 0 saturated carbocycles. The number of fused-ring (bicyclic) bond motifs is 2. The van der Waals surface area contributed by atoms with E-state index in [1.807, 2.05) is 6.07 Å². The van der Waals surface area contributed by atoms with Crippen LogP contribution in [0.4, 0.5) is 5.69 Å². The van der Waals surface area contributed by atoms with Gasteiger partial charge in [-0.05, 0) is 24.3 Å². The monoisotopic (exact) mass is 214 g/mol. The van der Waals surface area contributed by atoms with Gasteiger partial charge < -0.3 is 10.4 Å². The molecule has 1 aliphatic rings. The van der Waals surface area contributed by atoms with Gasteiger partial charge in [-0.3, -0.25) is 9.36 Å². The third-order valence-electron chi connectivity index (χ3n) is 2.73. The molecule has 4 heteroatoms. The second-order valence-electron chi connectivity index (χ2n) is 3.70. The van der Waals surface area contributed by atoms with Crippen molar-refractivity contribution >= 4 is 11.6 Å². The normalized spacial score (nSPS) is 18.3. The SMILES string of the molecule is O=C1c2ccccc2NC(O)c2cccn21. The molecule has 3 rings (SSSR count). The van der Waals surface area contributed by atoms with Crippen LogP contribution in [0.5, 0.6) is 0 Å². The smallest absolute Gasteiger partial charge is 0.264 e. The summed E-state index contributed by atoms with van der Waals surface area (Å²) in [6.45, 7) is 0. The highest BCUT2D eigenvalue weighted by Crippen LogP contribution is 2.26. The summed E-state index contributed by atoms with van der Waals surface area (Å²) in [6, 6.07) is 10.6. The van der Waals surface area contributed by atoms with Gasteiger partial charge in [-0.15, -0.1) is 0 Å². The molecular weight excluding hydrogens is 204 g/mol. The molecule has 4 nitrogen and oxygen atoms in total. The Morgan fingerprint density at radius 2 is 2.00 bits per heavy atom. The molecule has 1 aromatic carbocycles. The van der Waals surface area contributed by atoms with Gasteiger partial charge in [0.05, 0.1) is 11.3 Å². The number of hydrogen-bond donors (Lipinski definition) is 2. The number of aliphatic hydroxyl groups excluding tert-OH is 1. The fourth-order valence-electron chi connectivity index (χ4n) is 1.95. The van der Waals surface area contributed by atoms with E-state index < -0.39 is 6.23 Å². The topological polar surface area (TPSA) is 54.3 Å². The van der Waals surface area contributed by atoms with E-state index in [9.17, 15) is 9.90 Å². The summed E-state index contributed by atoms with van der Waals surface area (Å²) in [5.41, 5.74) is 1.78. The fourth-order valence-corrected chi connectivity index (χ4v) is 1.95. The summed E-state index contributed by atoms with van der Waals surface area (Å²) in [7, 11) is 0. The van der Waals surface area contributed by atoms with Crippen LogP contribution in [0.25, 0.3) is 0 Å². The second-order valence-corrected chi connectivity index (χ2v) is 3.70. The van der Waals surface area contributed by atoms with Crippen LogP contribution in [0.15, 0.2) is 42.6 Å². The summed E-state index contributed by atoms with van der Waals surface area (Å²) >= 11 is 0. The van der Waals surface area contributed by atoms with Crippen LogP contribution in [-0.2, 0) is 0 Å². The molecule has 0 saturated heterocycles. The van der Waals surface area contributed by atoms with Gasteiger partial charge in [0.15, 0.2) is 6.23 Å². The first-order valence-electron chi connectivity index (χ1n) is 5.03. The number of para-hydroxylation sites is 1. The average Bonchev–Trinajstić information content (AvgIpc) is 2.74. The van der Waals surface area contributed by atoms with Crippen molar-refractivity contribution in [1.29, 1.82) is 0 Å². The second kappa shape index (κ2) is 3.21. The van der Waals surface area contributed by atoms with E-state index in [4.69, 9.17) is 0 Å². The van der Waals surface area contributed by atoms with Gasteiger partial charge in [0.25, 0.3) is 5.91 Å². The summed E-state index contributed by atoms with van der Waals surface area (Å²) in [4.78, 5) is 12.1. The van der Waals surface area contributed by atoms with Gasteiger partial charge in [0, 0.05) is 11.9 Å². The lowest BCUT2D eigenvalue weighted by Crippen LogP contribution is -2.14. The van der Waals surface area contributed by atoms with Crippen LogP contribution in [0, 0.1) is 0 Å². The number of rotatable bonds is 0. The number of nitrogens with zero attached hydrogens (tertiary/aromatic N) is 1. The Morgan fingerprint density at radius 3 is 2.88 bits per heavy atom. The summed E-state index contributed by atoms with van der Waals surface area (Å²) in [5.74, 6) is -0.125. The summed E-state index contributed by atoms with van der Waals surface area (Å²) in [5, 5.41) is 12.8. The van der Waals surface area contributed by atoms with Crippen molar-refractivity contribution < 1.29 is 9.90 Å². The first-order valence-corrected chi connectivity index (χ1v) is 5.03. The van der Waals surface area contributed by atoms with Crippen molar-refractivity contribution in [2.75, 3.05) is 5.32 Å². The lowest BCUT2D eigenvalue weighted by Gasteiger charge is -2.11. The molecule has 1 aliphatic heterocycles. The molecule has 0 bridgehead atoms. The third kappa shape index (κ3) is 1.17. The zero-order valence-electron chi connectivity index (χ0n) is 8.42. The molecule has 2 aromatic rings. The van der Waals surface area contributed by atoms with Crippen LogP contribution in [0.1, 0.15) is 22.3 Å². The summed E-state index contributed by atoms with van der Waals surface area (Å²) < 4.78 is 1.46. The number of aromatic nitrogens is 1. The average molecular weight is 214 g/mol. The van der Waals surface area contributed by atoms with Crippen LogP contribution >= 0.6 is 0 Å². The Kier molecular flexibility index (Phi) is 1.84. The molecule has 0 amide bonds. The maximum atomic E-state index is 12.1. The first kappa shape index (κ1) is 9.18. The molecule has 16 heavy (non-hydrogen) atoms. The van der Waals surface area contributed by atoms with Crippen LogP contribution < -0.4 is 5.32 Å². The van der Waals surface area contributed by atoms with Crippen molar-refractivity contribution in [3.05, 3.63) is 53.9 Å². The molecule has 2 heterocycles. The zero-order valence-corrected chi connectivity index (χ0v) is 8.42. The molecule has 0 fully saturated rings. The minimum Gasteiger partial charge on any atom is -0.368 e. The van der Waals surface area contributed by atoms with Crippen LogP contribution in [0.3, 0.4) is 0 Å². The Morgan fingerprint density at radius 1 is 1.19 bits per heavy atom. The van der Waals surface area contributed by atoms with Crippen molar-refractivity contribution in [3.8, 4) is 0 Å². The molecule has 1 aromatic heterocycles. The van der Waals surface area contributed by atoms with Crippen LogP contribution in [-0.4, -0.2) is 15.6 Å². The Balaban J connectivity index is 2.25. The van der Waals surface area contributed by atoms with Gasteiger partial charge in [-0.25, -0.2) is 0 Å². The standard InChI is InChI=1S/C12H10N2O2/c15-11-10-6-3-7-14(10)12(16)8-4-1-2-5-9(8)13-11/h1-7,11,13,15H. The molecule has 1 atom stereocenters. The van der Waals surface area contributed by atoms with Crippen molar-refractivity contribution in [1.82, 2.24) is 4.57 Å². The van der Waals surface area contributed by atoms with E-state index in [2.05, 4.69) is 5.32 Å². The number of hydrogen-bond acceptors (Lipinski definition) is 3. The van der Waals surface area contributed by atoms with E-state index in [1.165, 1.54) is 4.57 Å². The maximum Gasteiger partial charge on any atom is 0.264 e. The third-order valence-corrected chi connectivity index (χ3v) is 2.73. The minimum absolute atomic E-state index is 0.125. The fraction of sp³-hybridized carbons (Fsp3) is 0.0833. The van der Waals surface area contributed by atoms with E-state index in [0.29, 0.717) is 16.9 Å². The predicted octanol–water partition coefficient (Wildman–Crippen LogP) is 1.59. The lowest BCUT2D eigenvalue weighted by molar-refractivity contribution is 0.0950. The molecular formula is C12H10N2O2. The number of anilines is 1. The van der Waals surface area contributed by atoms with Crippen molar-refractivity contribution in [2.24, 2.45) is 0 Å². The largest absolute Gasteiger partial charge is 0.368 e. The Hall–Kier alpha value is -2.07. The minimum atomic E-state index is -0.859. The van der Waals surface area contributed by atoms with Gasteiger partial charge in [0.1, 0.15) is 0 Å². The summed E-state index contributed by atoms with van der Waals surface area (Å²) in [6.07, 6.45) is 0.799. The number of carbonyl (C=O) groups is 1. The highest BCUT2D eigenvalue weighted by Gasteiger charge is 2.24. The van der Waals surface area contributed by atoms with Crippen molar-refractivity contribution in [3.63, 3.8) is 0 Å². The molecule has 1 unspecified atom stereocenters. The quantitative estimate of drug-likeness (QED) is 0.700. The van der Waals surface area contributed by atoms with E-state index >= 15 is 0 Å². The number of nitrogens with one attached hydrogen (secondary N) is 1. The Bertz CT molecular complexity index is 560. The lowest BCUT2D eigenvalue weighted by atomic mass is 10.1. The van der Waals surface area contributed by atoms with Gasteiger partial charge in [-0.1, -0.05) is 12.1 Å². The molecule has 0 spiro atoms. The zero-order chi connectivity index (χ0) is 11.1. The molecule has 0 aliphatic carbocycles. The van der Waals surface area contributed by atoms with Crippen LogP contribution in [0.2, 0.25) is 0 Å². The van der Waals surface area contributed by atoms with Gasteiger partial charge in [0.2, 0.25) is 0 Å². The number of benzene rings is 1. The van der Waals surface area contributed by atoms with Gasteiger partial charge >= 0.3 is 0 Å². The molecule has 2 N–H and O–H groups in total. The Labute approximate surface area is 92.1 Å². The number of carbonyl (C=O) groups excluding carboxylic acids is 1. The van der Waals surface area contributed by atoms with E-state index in [0.717, 1.165) is 0 Å².